The Morgan fingerprint density at radius 3 is 2.18 bits per heavy atom. The van der Waals surface area contributed by atoms with E-state index < -0.39 is 20.0 Å². The molecule has 0 saturated carbocycles. The summed E-state index contributed by atoms with van der Waals surface area (Å²) in [7, 11) is -7.93. The monoisotopic (exact) mass is 362 g/mol. The molecule has 22 heavy (non-hydrogen) atoms. The molecule has 1 heterocycles. The molecular formula is C12H14N2O5S3. The Hall–Kier alpha value is -1.46. The first-order chi connectivity index (χ1) is 10.3. The summed E-state index contributed by atoms with van der Waals surface area (Å²) in [6.45, 7) is 2.27. The van der Waals surface area contributed by atoms with E-state index in [-0.39, 0.29) is 9.10 Å². The van der Waals surface area contributed by atoms with Crippen LogP contribution in [0.1, 0.15) is 6.92 Å². The summed E-state index contributed by atoms with van der Waals surface area (Å²) in [5.74, 6) is 0.528. The highest BCUT2D eigenvalue weighted by atomic mass is 32.2. The summed E-state index contributed by atoms with van der Waals surface area (Å²) < 4.78 is 53.0. The van der Waals surface area contributed by atoms with Gasteiger partial charge in [0.2, 0.25) is 0 Å². The van der Waals surface area contributed by atoms with Crippen molar-refractivity contribution in [2.45, 2.75) is 16.0 Å². The highest BCUT2D eigenvalue weighted by molar-refractivity contribution is 7.93. The van der Waals surface area contributed by atoms with Crippen molar-refractivity contribution in [3.63, 3.8) is 0 Å². The first-order valence-corrected chi connectivity index (χ1v) is 10.00. The van der Waals surface area contributed by atoms with Gasteiger partial charge >= 0.3 is 0 Å². The van der Waals surface area contributed by atoms with Crippen LogP contribution in [-0.4, -0.2) is 23.4 Å². The SMILES string of the molecule is CCOc1ccc(S(=O)(=O)NNS(=O)(=O)c2cccs2)cc1. The molecule has 0 spiro atoms. The highest BCUT2D eigenvalue weighted by Gasteiger charge is 2.20. The highest BCUT2D eigenvalue weighted by Crippen LogP contribution is 2.17. The third kappa shape index (κ3) is 4.05. The summed E-state index contributed by atoms with van der Waals surface area (Å²) in [5.41, 5.74) is 0. The molecule has 0 aliphatic rings. The van der Waals surface area contributed by atoms with Crippen molar-refractivity contribution in [1.29, 1.82) is 0 Å². The van der Waals surface area contributed by atoms with Gasteiger partial charge in [-0.05, 0) is 42.6 Å². The third-order valence-electron chi connectivity index (χ3n) is 2.52. The lowest BCUT2D eigenvalue weighted by molar-refractivity contribution is 0.340. The second-order valence-electron chi connectivity index (χ2n) is 4.05. The molecule has 10 heteroatoms. The molecule has 0 atom stereocenters. The van der Waals surface area contributed by atoms with Gasteiger partial charge in [-0.1, -0.05) is 6.07 Å². The van der Waals surface area contributed by atoms with Crippen LogP contribution >= 0.6 is 11.3 Å². The van der Waals surface area contributed by atoms with Gasteiger partial charge in [0.25, 0.3) is 20.0 Å². The number of nitrogens with one attached hydrogen (secondary N) is 2. The largest absolute Gasteiger partial charge is 0.494 e. The molecule has 2 rings (SSSR count). The molecule has 0 bridgehead atoms. The maximum Gasteiger partial charge on any atom is 0.263 e. The van der Waals surface area contributed by atoms with Crippen molar-refractivity contribution in [3.05, 3.63) is 41.8 Å². The van der Waals surface area contributed by atoms with Crippen molar-refractivity contribution in [1.82, 2.24) is 9.66 Å². The van der Waals surface area contributed by atoms with Crippen LogP contribution in [0.15, 0.2) is 50.9 Å². The normalized spacial score (nSPS) is 12.2. The summed E-state index contributed by atoms with van der Waals surface area (Å²) in [6.07, 6.45) is 0. The first kappa shape index (κ1) is 16.9. The summed E-state index contributed by atoms with van der Waals surface area (Å²) in [6, 6.07) is 8.57. The molecule has 0 unspecified atom stereocenters. The fourth-order valence-electron chi connectivity index (χ4n) is 1.52. The van der Waals surface area contributed by atoms with E-state index in [0.29, 0.717) is 12.4 Å². The molecule has 0 aliphatic heterocycles. The second-order valence-corrected chi connectivity index (χ2v) is 8.59. The average molecular weight is 362 g/mol. The Labute approximate surface area is 133 Å². The van der Waals surface area contributed by atoms with E-state index in [9.17, 15) is 16.8 Å². The summed E-state index contributed by atoms with van der Waals surface area (Å²) in [5, 5.41) is 1.58. The van der Waals surface area contributed by atoms with Crippen LogP contribution in [0, 0.1) is 0 Å². The van der Waals surface area contributed by atoms with Crippen molar-refractivity contribution in [2.24, 2.45) is 0 Å². The fraction of sp³-hybridized carbons (Fsp3) is 0.167. The van der Waals surface area contributed by atoms with Gasteiger partial charge < -0.3 is 4.74 Å². The Kier molecular flexibility index (Phi) is 5.19. The van der Waals surface area contributed by atoms with E-state index in [2.05, 4.69) is 0 Å². The number of ether oxygens (including phenoxy) is 1. The molecule has 7 nitrogen and oxygen atoms in total. The van der Waals surface area contributed by atoms with Gasteiger partial charge in [0.05, 0.1) is 11.5 Å². The van der Waals surface area contributed by atoms with Crippen molar-refractivity contribution < 1.29 is 21.6 Å². The van der Waals surface area contributed by atoms with Crippen LogP contribution in [0.25, 0.3) is 0 Å². The quantitative estimate of drug-likeness (QED) is 0.723. The Morgan fingerprint density at radius 2 is 1.64 bits per heavy atom. The van der Waals surface area contributed by atoms with Gasteiger partial charge in [-0.3, -0.25) is 0 Å². The molecule has 2 aromatic rings. The van der Waals surface area contributed by atoms with Gasteiger partial charge in [0, 0.05) is 0 Å². The van der Waals surface area contributed by atoms with E-state index in [0.717, 1.165) is 11.3 Å². The zero-order valence-corrected chi connectivity index (χ0v) is 14.0. The van der Waals surface area contributed by atoms with E-state index in [4.69, 9.17) is 4.74 Å². The minimum absolute atomic E-state index is 0.0156. The lowest BCUT2D eigenvalue weighted by Crippen LogP contribution is -2.41. The molecule has 0 saturated heterocycles. The number of rotatable bonds is 7. The van der Waals surface area contributed by atoms with Crippen LogP contribution in [0.3, 0.4) is 0 Å². The molecule has 120 valence electrons. The minimum Gasteiger partial charge on any atom is -0.494 e. The number of sulfonamides is 2. The number of hydrogen-bond donors (Lipinski definition) is 2. The smallest absolute Gasteiger partial charge is 0.263 e. The topological polar surface area (TPSA) is 102 Å². The predicted molar refractivity (Wildman–Crippen MR) is 82.6 cm³/mol. The second kappa shape index (κ2) is 6.75. The Balaban J connectivity index is 2.11. The molecule has 0 aliphatic carbocycles. The molecule has 0 amide bonds. The van der Waals surface area contributed by atoms with E-state index in [1.54, 1.807) is 11.4 Å². The zero-order valence-electron chi connectivity index (χ0n) is 11.5. The Morgan fingerprint density at radius 1 is 1.00 bits per heavy atom. The maximum absolute atomic E-state index is 12.0. The predicted octanol–water partition coefficient (Wildman–Crippen LogP) is 1.32. The Bertz CT molecular complexity index is 812. The van der Waals surface area contributed by atoms with Gasteiger partial charge in [-0.2, -0.15) is 0 Å². The third-order valence-corrected chi connectivity index (χ3v) is 6.55. The van der Waals surface area contributed by atoms with E-state index in [1.807, 2.05) is 16.6 Å². The summed E-state index contributed by atoms with van der Waals surface area (Å²) in [4.78, 5) is 3.63. The molecule has 0 radical (unpaired) electrons. The van der Waals surface area contributed by atoms with Gasteiger partial charge in [-0.25, -0.2) is 16.8 Å². The number of thiophene rings is 1. The van der Waals surface area contributed by atoms with E-state index >= 15 is 0 Å². The molecule has 2 N–H and O–H groups in total. The van der Waals surface area contributed by atoms with Crippen LogP contribution in [0.4, 0.5) is 0 Å². The molecule has 0 fully saturated rings. The summed E-state index contributed by atoms with van der Waals surface area (Å²) >= 11 is 0.982. The van der Waals surface area contributed by atoms with Crippen molar-refractivity contribution in [3.8, 4) is 5.75 Å². The van der Waals surface area contributed by atoms with Gasteiger partial charge in [-0.15, -0.1) is 21.0 Å². The standard InChI is InChI=1S/C12H14N2O5S3/c1-2-19-10-5-7-11(8-6-10)21(15,16)13-14-22(17,18)12-4-3-9-20-12/h3-9,13-14H,2H2,1H3. The molecular weight excluding hydrogens is 348 g/mol. The van der Waals surface area contributed by atoms with Crippen molar-refractivity contribution in [2.75, 3.05) is 6.61 Å². The van der Waals surface area contributed by atoms with Crippen LogP contribution in [0.2, 0.25) is 0 Å². The zero-order chi connectivity index (χ0) is 16.2. The lowest BCUT2D eigenvalue weighted by Gasteiger charge is -2.09. The van der Waals surface area contributed by atoms with Crippen LogP contribution < -0.4 is 14.4 Å². The lowest BCUT2D eigenvalue weighted by atomic mass is 10.3. The number of hydrogen-bond acceptors (Lipinski definition) is 6. The van der Waals surface area contributed by atoms with Gasteiger partial charge in [0.15, 0.2) is 0 Å². The van der Waals surface area contributed by atoms with E-state index in [1.165, 1.54) is 30.3 Å². The minimum atomic E-state index is -4.01. The van der Waals surface area contributed by atoms with Crippen LogP contribution in [-0.2, 0) is 20.0 Å². The first-order valence-electron chi connectivity index (χ1n) is 6.15. The fourth-order valence-corrected chi connectivity index (χ4v) is 4.61. The average Bonchev–Trinajstić information content (AvgIpc) is 3.02. The van der Waals surface area contributed by atoms with Gasteiger partial charge in [0.1, 0.15) is 9.96 Å². The molecule has 1 aromatic carbocycles. The molecule has 1 aromatic heterocycles. The van der Waals surface area contributed by atoms with Crippen LogP contribution in [0.5, 0.6) is 5.75 Å². The maximum atomic E-state index is 12.0. The number of benzene rings is 1. The number of hydrazine groups is 1. The van der Waals surface area contributed by atoms with Crippen molar-refractivity contribution >= 4 is 31.4 Å².